The zero-order chi connectivity index (χ0) is 11.1. The molecule has 0 atom stereocenters. The van der Waals surface area contributed by atoms with Crippen molar-refractivity contribution in [1.29, 1.82) is 0 Å². The largest absolute Gasteiger partial charge is 0.392 e. The molecule has 5 nitrogen and oxygen atoms in total. The highest BCUT2D eigenvalue weighted by molar-refractivity contribution is 8.06. The van der Waals surface area contributed by atoms with Gasteiger partial charge in [0.05, 0.1) is 23.7 Å². The molecule has 0 bridgehead atoms. The summed E-state index contributed by atoms with van der Waals surface area (Å²) < 4.78 is 23.1. The van der Waals surface area contributed by atoms with E-state index in [9.17, 15) is 13.2 Å². The van der Waals surface area contributed by atoms with Crippen LogP contribution in [0.5, 0.6) is 0 Å². The maximum Gasteiger partial charge on any atom is 0.270 e. The molecular weight excluding hydrogens is 218 g/mol. The standard InChI is InChI=1S/C9H9NO4S/c11-5-6-1-2-8-7(3-6)10-4-9(12)15(8,13)14/h1-3,10-11H,4-5H2. The van der Waals surface area contributed by atoms with Gasteiger partial charge < -0.3 is 10.4 Å². The van der Waals surface area contributed by atoms with Gasteiger partial charge in [-0.2, -0.15) is 0 Å². The second-order valence-corrected chi connectivity index (χ2v) is 5.12. The van der Waals surface area contributed by atoms with E-state index in [1.807, 2.05) is 0 Å². The number of hydrogen-bond acceptors (Lipinski definition) is 5. The fraction of sp³-hybridized carbons (Fsp3) is 0.222. The molecule has 2 N–H and O–H groups in total. The predicted molar refractivity (Wildman–Crippen MR) is 53.0 cm³/mol. The van der Waals surface area contributed by atoms with Crippen LogP contribution < -0.4 is 5.32 Å². The van der Waals surface area contributed by atoms with Gasteiger partial charge in [-0.1, -0.05) is 6.07 Å². The van der Waals surface area contributed by atoms with E-state index in [1.54, 1.807) is 0 Å². The fourth-order valence-corrected chi connectivity index (χ4v) is 2.61. The number of carbonyl (C=O) groups is 1. The summed E-state index contributed by atoms with van der Waals surface area (Å²) in [5.74, 6) is 0. The maximum absolute atomic E-state index is 11.6. The lowest BCUT2D eigenvalue weighted by Crippen LogP contribution is -2.29. The number of aliphatic hydroxyl groups is 1. The van der Waals surface area contributed by atoms with E-state index in [0.29, 0.717) is 11.3 Å². The lowest BCUT2D eigenvalue weighted by Gasteiger charge is -2.17. The second kappa shape index (κ2) is 3.32. The average molecular weight is 227 g/mol. The first-order valence-electron chi connectivity index (χ1n) is 4.31. The third-order valence-electron chi connectivity index (χ3n) is 2.24. The Morgan fingerprint density at radius 1 is 1.40 bits per heavy atom. The number of nitrogens with one attached hydrogen (secondary N) is 1. The van der Waals surface area contributed by atoms with E-state index in [1.165, 1.54) is 18.2 Å². The van der Waals surface area contributed by atoms with Crippen molar-refractivity contribution in [3.05, 3.63) is 23.8 Å². The monoisotopic (exact) mass is 227 g/mol. The van der Waals surface area contributed by atoms with Crippen molar-refractivity contribution in [1.82, 2.24) is 0 Å². The molecule has 0 aliphatic carbocycles. The van der Waals surface area contributed by atoms with Crippen LogP contribution >= 0.6 is 0 Å². The third-order valence-corrected chi connectivity index (χ3v) is 3.92. The van der Waals surface area contributed by atoms with E-state index < -0.39 is 15.0 Å². The van der Waals surface area contributed by atoms with Crippen LogP contribution in [-0.2, 0) is 21.2 Å². The zero-order valence-electron chi connectivity index (χ0n) is 7.73. The highest BCUT2D eigenvalue weighted by Gasteiger charge is 2.31. The lowest BCUT2D eigenvalue weighted by molar-refractivity contribution is -0.110. The van der Waals surface area contributed by atoms with Crippen LogP contribution in [0.3, 0.4) is 0 Å². The van der Waals surface area contributed by atoms with Gasteiger partial charge in [-0.15, -0.1) is 0 Å². The quantitative estimate of drug-likeness (QED) is 0.700. The smallest absolute Gasteiger partial charge is 0.270 e. The summed E-state index contributed by atoms with van der Waals surface area (Å²) in [6.45, 7) is -0.382. The Hall–Kier alpha value is -1.40. The van der Waals surface area contributed by atoms with Crippen molar-refractivity contribution in [3.8, 4) is 0 Å². The van der Waals surface area contributed by atoms with Crippen molar-refractivity contribution in [3.63, 3.8) is 0 Å². The molecule has 1 aromatic carbocycles. The molecule has 1 aromatic rings. The molecule has 1 aliphatic rings. The Morgan fingerprint density at radius 3 is 2.80 bits per heavy atom. The fourth-order valence-electron chi connectivity index (χ4n) is 1.43. The van der Waals surface area contributed by atoms with E-state index >= 15 is 0 Å². The first-order valence-corrected chi connectivity index (χ1v) is 5.79. The minimum Gasteiger partial charge on any atom is -0.392 e. The molecule has 0 fully saturated rings. The summed E-state index contributed by atoms with van der Waals surface area (Å²) in [4.78, 5) is 11.1. The van der Waals surface area contributed by atoms with Crippen molar-refractivity contribution in [2.75, 3.05) is 11.9 Å². The molecule has 2 rings (SSSR count). The minimum atomic E-state index is -3.83. The van der Waals surface area contributed by atoms with E-state index in [4.69, 9.17) is 5.11 Å². The predicted octanol–water partition coefficient (Wildman–Crippen LogP) is -0.0953. The Kier molecular flexibility index (Phi) is 2.24. The van der Waals surface area contributed by atoms with Gasteiger partial charge >= 0.3 is 0 Å². The molecule has 6 heteroatoms. The number of anilines is 1. The van der Waals surface area contributed by atoms with Crippen LogP contribution in [0.4, 0.5) is 5.69 Å². The Morgan fingerprint density at radius 2 is 2.13 bits per heavy atom. The first kappa shape index (κ1) is 10.1. The van der Waals surface area contributed by atoms with Crippen LogP contribution in [0.15, 0.2) is 23.1 Å². The number of hydrogen-bond donors (Lipinski definition) is 2. The lowest BCUT2D eigenvalue weighted by atomic mass is 10.2. The normalized spacial score (nSPS) is 18.1. The van der Waals surface area contributed by atoms with Gasteiger partial charge in [-0.3, -0.25) is 4.79 Å². The molecular formula is C9H9NO4S. The molecule has 0 aromatic heterocycles. The second-order valence-electron chi connectivity index (χ2n) is 3.22. The summed E-state index contributed by atoms with van der Waals surface area (Å²) in [5, 5.41) is 10.8. The van der Waals surface area contributed by atoms with Crippen LogP contribution in [0.1, 0.15) is 5.56 Å². The molecule has 1 aliphatic heterocycles. The van der Waals surface area contributed by atoms with Gasteiger partial charge in [0.2, 0.25) is 9.84 Å². The zero-order valence-corrected chi connectivity index (χ0v) is 8.54. The molecule has 0 spiro atoms. The molecule has 0 amide bonds. The number of rotatable bonds is 1. The SMILES string of the molecule is O=C1CNc2cc(CO)ccc2S1(=O)=O. The molecule has 0 radical (unpaired) electrons. The van der Waals surface area contributed by atoms with Crippen LogP contribution in [-0.4, -0.2) is 25.2 Å². The average Bonchev–Trinajstić information content (AvgIpc) is 2.23. The van der Waals surface area contributed by atoms with Crippen molar-refractivity contribution < 1.29 is 18.3 Å². The van der Waals surface area contributed by atoms with Crippen LogP contribution in [0, 0.1) is 0 Å². The highest BCUT2D eigenvalue weighted by Crippen LogP contribution is 2.27. The maximum atomic E-state index is 11.6. The Bertz CT molecular complexity index is 521. The van der Waals surface area contributed by atoms with Gasteiger partial charge in [0, 0.05) is 0 Å². The number of fused-ring (bicyclic) bond motifs is 1. The highest BCUT2D eigenvalue weighted by atomic mass is 32.2. The number of benzene rings is 1. The molecule has 0 saturated heterocycles. The summed E-state index contributed by atoms with van der Waals surface area (Å²) in [6.07, 6.45) is 0. The number of carbonyl (C=O) groups excluding carboxylic acids is 1. The Labute approximate surface area is 86.7 Å². The number of aliphatic hydroxyl groups excluding tert-OH is 1. The van der Waals surface area contributed by atoms with Gasteiger partial charge in [-0.25, -0.2) is 8.42 Å². The van der Waals surface area contributed by atoms with Crippen LogP contribution in [0.2, 0.25) is 0 Å². The molecule has 0 saturated carbocycles. The van der Waals surface area contributed by atoms with Gasteiger partial charge in [0.1, 0.15) is 0 Å². The molecule has 80 valence electrons. The first-order chi connectivity index (χ1) is 7.05. The molecule has 15 heavy (non-hydrogen) atoms. The van der Waals surface area contributed by atoms with E-state index in [0.717, 1.165) is 0 Å². The minimum absolute atomic E-state index is 0.0176. The van der Waals surface area contributed by atoms with Gasteiger partial charge in [0.15, 0.2) is 0 Å². The van der Waals surface area contributed by atoms with Gasteiger partial charge in [0.25, 0.3) is 5.12 Å². The molecule has 1 heterocycles. The van der Waals surface area contributed by atoms with Crippen molar-refractivity contribution >= 4 is 20.6 Å². The van der Waals surface area contributed by atoms with Crippen LogP contribution in [0.25, 0.3) is 0 Å². The number of sulfone groups is 1. The summed E-state index contributed by atoms with van der Waals surface area (Å²) >= 11 is 0. The summed E-state index contributed by atoms with van der Waals surface area (Å²) in [7, 11) is -3.83. The topological polar surface area (TPSA) is 83.5 Å². The van der Waals surface area contributed by atoms with Gasteiger partial charge in [-0.05, 0) is 17.7 Å². The van der Waals surface area contributed by atoms with E-state index in [2.05, 4.69) is 5.32 Å². The summed E-state index contributed by atoms with van der Waals surface area (Å²) in [5.41, 5.74) is 0.979. The third kappa shape index (κ3) is 1.51. The van der Waals surface area contributed by atoms with Crippen molar-refractivity contribution in [2.45, 2.75) is 11.5 Å². The summed E-state index contributed by atoms with van der Waals surface area (Å²) in [6, 6.07) is 4.34. The van der Waals surface area contributed by atoms with Crippen molar-refractivity contribution in [2.24, 2.45) is 0 Å². The van der Waals surface area contributed by atoms with E-state index in [-0.39, 0.29) is 18.0 Å². The Balaban J connectivity index is 2.63. The molecule has 0 unspecified atom stereocenters.